The van der Waals surface area contributed by atoms with Crippen molar-refractivity contribution in [3.05, 3.63) is 62.6 Å². The van der Waals surface area contributed by atoms with E-state index < -0.39 is 0 Å². The summed E-state index contributed by atoms with van der Waals surface area (Å²) in [5.41, 5.74) is 8.37. The van der Waals surface area contributed by atoms with Crippen LogP contribution in [0.1, 0.15) is 21.5 Å². The fraction of sp³-hybridized carbons (Fsp3) is 0.0714. The molecule has 2 nitrogen and oxygen atoms in total. The maximum absolute atomic E-state index is 12.4. The first-order valence-electron chi connectivity index (χ1n) is 5.34. The molecule has 2 aromatic rings. The molecule has 0 aliphatic rings. The molecule has 0 saturated carbocycles. The number of halogens is 2. The number of carbonyl (C=O) groups excluding carboxylic acids is 1. The Labute approximate surface area is 119 Å². The summed E-state index contributed by atoms with van der Waals surface area (Å²) in [6.45, 7) is 1.90. The largest absolute Gasteiger partial charge is 0.399 e. The summed E-state index contributed by atoms with van der Waals surface area (Å²) >= 11 is 9.31. The van der Waals surface area contributed by atoms with Crippen LogP contribution in [-0.4, -0.2) is 5.78 Å². The van der Waals surface area contributed by atoms with Crippen LogP contribution < -0.4 is 5.73 Å². The predicted octanol–water partition coefficient (Wildman–Crippen LogP) is 4.22. The molecule has 92 valence electrons. The predicted molar refractivity (Wildman–Crippen MR) is 78.2 cm³/mol. The second-order valence-electron chi connectivity index (χ2n) is 4.09. The molecule has 0 fully saturated rings. The van der Waals surface area contributed by atoms with Gasteiger partial charge in [0.15, 0.2) is 5.78 Å². The van der Waals surface area contributed by atoms with E-state index in [9.17, 15) is 4.79 Å². The molecule has 0 unspecified atom stereocenters. The maximum atomic E-state index is 12.4. The van der Waals surface area contributed by atoms with Crippen molar-refractivity contribution in [1.29, 1.82) is 0 Å². The van der Waals surface area contributed by atoms with Gasteiger partial charge in [0.25, 0.3) is 0 Å². The molecule has 0 heterocycles. The molecule has 0 spiro atoms. The Balaban J connectivity index is 2.47. The van der Waals surface area contributed by atoms with Gasteiger partial charge in [-0.2, -0.15) is 0 Å². The Morgan fingerprint density at radius 2 is 1.94 bits per heavy atom. The van der Waals surface area contributed by atoms with E-state index in [0.717, 1.165) is 5.56 Å². The minimum absolute atomic E-state index is 0.0764. The Morgan fingerprint density at radius 3 is 2.56 bits per heavy atom. The van der Waals surface area contributed by atoms with Gasteiger partial charge in [0.2, 0.25) is 0 Å². The summed E-state index contributed by atoms with van der Waals surface area (Å²) in [5, 5.41) is 0.560. The number of rotatable bonds is 2. The number of nitrogens with two attached hydrogens (primary N) is 1. The van der Waals surface area contributed by atoms with Gasteiger partial charge in [0.1, 0.15) is 0 Å². The number of anilines is 1. The van der Waals surface area contributed by atoms with Crippen LogP contribution in [0.4, 0.5) is 5.69 Å². The molecule has 4 heteroatoms. The maximum Gasteiger partial charge on any atom is 0.194 e. The lowest BCUT2D eigenvalue weighted by atomic mass is 10.0. The molecule has 0 bridgehead atoms. The average molecular weight is 325 g/mol. The van der Waals surface area contributed by atoms with Gasteiger partial charge >= 0.3 is 0 Å². The highest BCUT2D eigenvalue weighted by atomic mass is 79.9. The fourth-order valence-corrected chi connectivity index (χ4v) is 2.60. The zero-order valence-electron chi connectivity index (χ0n) is 9.71. The molecular weight excluding hydrogens is 314 g/mol. The van der Waals surface area contributed by atoms with Crippen molar-refractivity contribution in [2.45, 2.75) is 6.92 Å². The molecule has 0 aliphatic carbocycles. The quantitative estimate of drug-likeness (QED) is 0.664. The van der Waals surface area contributed by atoms with Gasteiger partial charge in [0.05, 0.1) is 0 Å². The van der Waals surface area contributed by atoms with Crippen molar-refractivity contribution in [1.82, 2.24) is 0 Å². The van der Waals surface area contributed by atoms with E-state index in [2.05, 4.69) is 15.9 Å². The molecule has 2 N–H and O–H groups in total. The Morgan fingerprint density at radius 1 is 1.22 bits per heavy atom. The number of benzene rings is 2. The lowest BCUT2D eigenvalue weighted by Crippen LogP contribution is -2.03. The van der Waals surface area contributed by atoms with E-state index >= 15 is 0 Å². The topological polar surface area (TPSA) is 43.1 Å². The van der Waals surface area contributed by atoms with Crippen molar-refractivity contribution >= 4 is 39.0 Å². The molecule has 2 rings (SSSR count). The Bertz CT molecular complexity index is 605. The number of hydrogen-bond acceptors (Lipinski definition) is 2. The van der Waals surface area contributed by atoms with E-state index in [1.54, 1.807) is 24.3 Å². The van der Waals surface area contributed by atoms with Crippen molar-refractivity contribution in [2.24, 2.45) is 0 Å². The highest BCUT2D eigenvalue weighted by Gasteiger charge is 2.13. The van der Waals surface area contributed by atoms with Gasteiger partial charge in [-0.15, -0.1) is 0 Å². The zero-order valence-corrected chi connectivity index (χ0v) is 12.0. The third-order valence-electron chi connectivity index (χ3n) is 2.54. The number of aryl methyl sites for hydroxylation is 1. The van der Waals surface area contributed by atoms with Crippen LogP contribution in [0.25, 0.3) is 0 Å². The number of ketones is 1. The second-order valence-corrected chi connectivity index (χ2v) is 5.38. The summed E-state index contributed by atoms with van der Waals surface area (Å²) in [5.74, 6) is -0.0764. The molecule has 0 radical (unpaired) electrons. The molecule has 0 saturated heterocycles. The highest BCUT2D eigenvalue weighted by molar-refractivity contribution is 9.10. The van der Waals surface area contributed by atoms with Crippen LogP contribution in [0.5, 0.6) is 0 Å². The average Bonchev–Trinajstić information content (AvgIpc) is 2.26. The third kappa shape index (κ3) is 2.74. The van der Waals surface area contributed by atoms with Gasteiger partial charge in [-0.05, 0) is 64.8 Å². The van der Waals surface area contributed by atoms with E-state index in [4.69, 9.17) is 17.3 Å². The molecule has 0 aliphatic heterocycles. The smallest absolute Gasteiger partial charge is 0.194 e. The van der Waals surface area contributed by atoms with Crippen LogP contribution in [0.15, 0.2) is 40.9 Å². The first-order chi connectivity index (χ1) is 8.47. The molecule has 0 atom stereocenters. The third-order valence-corrected chi connectivity index (χ3v) is 3.42. The second kappa shape index (κ2) is 5.12. The van der Waals surface area contributed by atoms with Crippen molar-refractivity contribution < 1.29 is 4.79 Å². The van der Waals surface area contributed by atoms with Gasteiger partial charge in [-0.1, -0.05) is 11.6 Å². The van der Waals surface area contributed by atoms with E-state index in [1.807, 2.05) is 19.1 Å². The first kappa shape index (κ1) is 13.1. The summed E-state index contributed by atoms with van der Waals surface area (Å²) in [4.78, 5) is 12.4. The minimum atomic E-state index is -0.0764. The van der Waals surface area contributed by atoms with E-state index in [0.29, 0.717) is 26.3 Å². The minimum Gasteiger partial charge on any atom is -0.399 e. The number of nitrogen functional groups attached to an aromatic ring is 1. The van der Waals surface area contributed by atoms with Crippen molar-refractivity contribution in [3.63, 3.8) is 0 Å². The van der Waals surface area contributed by atoms with Gasteiger partial charge in [-0.25, -0.2) is 0 Å². The van der Waals surface area contributed by atoms with Crippen LogP contribution in [-0.2, 0) is 0 Å². The van der Waals surface area contributed by atoms with Crippen molar-refractivity contribution in [3.8, 4) is 0 Å². The summed E-state index contributed by atoms with van der Waals surface area (Å²) < 4.78 is 0.685. The van der Waals surface area contributed by atoms with E-state index in [-0.39, 0.29) is 5.78 Å². The van der Waals surface area contributed by atoms with E-state index in [1.165, 1.54) is 0 Å². The standard InChI is InChI=1S/C14H11BrClNO/c1-8-4-9(6-10(16)5-8)14(18)12-3-2-11(17)7-13(12)15/h2-7H,17H2,1H3. The summed E-state index contributed by atoms with van der Waals surface area (Å²) in [6.07, 6.45) is 0. The number of hydrogen-bond donors (Lipinski definition) is 1. The summed E-state index contributed by atoms with van der Waals surface area (Å²) in [6, 6.07) is 10.4. The van der Waals surface area contributed by atoms with Crippen LogP contribution in [0.3, 0.4) is 0 Å². The SMILES string of the molecule is Cc1cc(Cl)cc(C(=O)c2ccc(N)cc2Br)c1. The van der Waals surface area contributed by atoms with Crippen LogP contribution in [0.2, 0.25) is 5.02 Å². The monoisotopic (exact) mass is 323 g/mol. The molecule has 0 amide bonds. The Kier molecular flexibility index (Phi) is 3.73. The molecule has 0 aromatic heterocycles. The molecule has 2 aromatic carbocycles. The normalized spacial score (nSPS) is 10.4. The molecule has 18 heavy (non-hydrogen) atoms. The first-order valence-corrected chi connectivity index (χ1v) is 6.51. The fourth-order valence-electron chi connectivity index (χ4n) is 1.74. The summed E-state index contributed by atoms with van der Waals surface area (Å²) in [7, 11) is 0. The van der Waals surface area contributed by atoms with Gasteiger partial charge in [0, 0.05) is 26.3 Å². The van der Waals surface area contributed by atoms with Crippen molar-refractivity contribution in [2.75, 3.05) is 5.73 Å². The van der Waals surface area contributed by atoms with Gasteiger partial charge < -0.3 is 5.73 Å². The Hall–Kier alpha value is -1.32. The van der Waals surface area contributed by atoms with Crippen LogP contribution >= 0.6 is 27.5 Å². The van der Waals surface area contributed by atoms with Gasteiger partial charge in [-0.3, -0.25) is 4.79 Å². The number of carbonyl (C=O) groups is 1. The molecular formula is C14H11BrClNO. The lowest BCUT2D eigenvalue weighted by Gasteiger charge is -2.06. The highest BCUT2D eigenvalue weighted by Crippen LogP contribution is 2.24. The van der Waals surface area contributed by atoms with Crippen LogP contribution in [0, 0.1) is 6.92 Å². The lowest BCUT2D eigenvalue weighted by molar-refractivity contribution is 0.103. The zero-order chi connectivity index (χ0) is 13.3.